The molecule has 0 bridgehead atoms. The largest absolute Gasteiger partial charge is 0.461 e. The van der Waals surface area contributed by atoms with Crippen LogP contribution in [0.2, 0.25) is 0 Å². The normalized spacial score (nSPS) is 20.2. The predicted molar refractivity (Wildman–Crippen MR) is 129 cm³/mol. The van der Waals surface area contributed by atoms with Crippen molar-refractivity contribution in [3.05, 3.63) is 30.0 Å². The highest BCUT2D eigenvalue weighted by atomic mass is 16.3. The Bertz CT molecular complexity index is 1110. The molecule has 1 unspecified atom stereocenters. The summed E-state index contributed by atoms with van der Waals surface area (Å²) >= 11 is 0. The molecule has 2 aliphatic heterocycles. The zero-order chi connectivity index (χ0) is 24.1. The van der Waals surface area contributed by atoms with E-state index >= 15 is 0 Å². The van der Waals surface area contributed by atoms with Gasteiger partial charge in [0.2, 0.25) is 17.8 Å². The van der Waals surface area contributed by atoms with Gasteiger partial charge in [-0.25, -0.2) is 4.99 Å². The Morgan fingerprint density at radius 3 is 2.76 bits per heavy atom. The summed E-state index contributed by atoms with van der Waals surface area (Å²) in [5.74, 6) is 0.808. The first-order valence-electron chi connectivity index (χ1n) is 11.7. The smallest absolute Gasteiger partial charge is 0.247 e. The molecule has 34 heavy (non-hydrogen) atoms. The van der Waals surface area contributed by atoms with Gasteiger partial charge in [0.05, 0.1) is 6.54 Å². The second-order valence-electron chi connectivity index (χ2n) is 8.90. The lowest BCUT2D eigenvalue weighted by Crippen LogP contribution is -2.51. The molecular formula is C24H31N7O3. The van der Waals surface area contributed by atoms with E-state index in [1.165, 1.54) is 0 Å². The Morgan fingerprint density at radius 1 is 1.21 bits per heavy atom. The first kappa shape index (κ1) is 23.6. The molecule has 2 N–H and O–H groups in total. The molecule has 0 spiro atoms. The molecule has 0 radical (unpaired) electrons. The lowest BCUT2D eigenvalue weighted by Gasteiger charge is -2.34. The van der Waals surface area contributed by atoms with Crippen molar-refractivity contribution in [2.45, 2.75) is 32.2 Å². The number of likely N-dealkylation sites (tertiary alicyclic amines) is 1. The average molecular weight is 466 g/mol. The number of anilines is 1. The van der Waals surface area contributed by atoms with Gasteiger partial charge in [-0.15, -0.1) is 0 Å². The number of benzene rings is 1. The molecule has 3 heterocycles. The van der Waals surface area contributed by atoms with Crippen LogP contribution >= 0.6 is 0 Å². The van der Waals surface area contributed by atoms with Crippen LogP contribution in [0.5, 0.6) is 0 Å². The standard InChI is InChI=1S/C24H31N7O3/c1-17-13-18-14-19(6-7-21(18)34-17)27-24(26-16-25)28-20-5-3-4-8-31(23(20)33)15-22(32)30-11-9-29(2)10-12-30/h6-7,13-14,20H,3-5,8-12,15H2,1-2H3,(H2,26,27,28). The number of nitrogens with zero attached hydrogens (tertiary/aromatic N) is 5. The fraction of sp³-hybridized carbons (Fsp3) is 0.500. The van der Waals surface area contributed by atoms with Crippen LogP contribution in [0.15, 0.2) is 33.7 Å². The molecule has 180 valence electrons. The predicted octanol–water partition coefficient (Wildman–Crippen LogP) is 1.73. The van der Waals surface area contributed by atoms with Gasteiger partial charge >= 0.3 is 0 Å². The third-order valence-electron chi connectivity index (χ3n) is 6.30. The summed E-state index contributed by atoms with van der Waals surface area (Å²) in [4.78, 5) is 36.3. The summed E-state index contributed by atoms with van der Waals surface area (Å²) < 4.78 is 5.61. The molecule has 10 nitrogen and oxygen atoms in total. The van der Waals surface area contributed by atoms with E-state index in [1.807, 2.05) is 49.3 Å². The molecule has 2 fully saturated rings. The van der Waals surface area contributed by atoms with Crippen LogP contribution in [0.3, 0.4) is 0 Å². The van der Waals surface area contributed by atoms with E-state index in [9.17, 15) is 14.9 Å². The zero-order valence-electron chi connectivity index (χ0n) is 19.7. The molecule has 2 saturated heterocycles. The van der Waals surface area contributed by atoms with Gasteiger partial charge in [0.1, 0.15) is 17.4 Å². The number of hydrogen-bond donors (Lipinski definition) is 2. The van der Waals surface area contributed by atoms with Gasteiger partial charge in [-0.1, -0.05) is 0 Å². The number of rotatable bonds is 4. The van der Waals surface area contributed by atoms with Crippen LogP contribution in [0.4, 0.5) is 5.69 Å². The number of fused-ring (bicyclic) bond motifs is 1. The topological polar surface area (TPSA) is 117 Å². The molecule has 1 aromatic heterocycles. The van der Waals surface area contributed by atoms with E-state index in [1.54, 1.807) is 4.90 Å². The maximum absolute atomic E-state index is 13.3. The fourth-order valence-corrected chi connectivity index (χ4v) is 4.38. The number of nitriles is 1. The molecule has 1 aromatic carbocycles. The van der Waals surface area contributed by atoms with E-state index < -0.39 is 6.04 Å². The van der Waals surface area contributed by atoms with Gasteiger partial charge in [0, 0.05) is 43.8 Å². The molecule has 10 heteroatoms. The van der Waals surface area contributed by atoms with Gasteiger partial charge in [-0.05, 0) is 57.5 Å². The van der Waals surface area contributed by atoms with Crippen molar-refractivity contribution >= 4 is 34.4 Å². The van der Waals surface area contributed by atoms with Crippen LogP contribution in [0.25, 0.3) is 11.0 Å². The molecule has 4 rings (SSSR count). The second kappa shape index (κ2) is 10.6. The average Bonchev–Trinajstić information content (AvgIpc) is 3.10. The number of guanidine groups is 1. The third kappa shape index (κ3) is 5.66. The second-order valence-corrected chi connectivity index (χ2v) is 8.90. The van der Waals surface area contributed by atoms with E-state index in [0.717, 1.165) is 48.3 Å². The summed E-state index contributed by atoms with van der Waals surface area (Å²) in [6, 6.07) is 6.84. The molecular weight excluding hydrogens is 434 g/mol. The maximum Gasteiger partial charge on any atom is 0.247 e. The Kier molecular flexibility index (Phi) is 7.33. The lowest BCUT2D eigenvalue weighted by atomic mass is 10.1. The number of carbonyl (C=O) groups is 2. The number of nitrogens with one attached hydrogen (secondary N) is 2. The minimum atomic E-state index is -0.661. The lowest BCUT2D eigenvalue weighted by molar-refractivity contribution is -0.141. The number of carbonyl (C=O) groups excluding carboxylic acids is 2. The van der Waals surface area contributed by atoms with E-state index in [4.69, 9.17) is 4.42 Å². The Balaban J connectivity index is 1.46. The Morgan fingerprint density at radius 2 is 2.00 bits per heavy atom. The van der Waals surface area contributed by atoms with Gasteiger partial charge in [0.15, 0.2) is 6.19 Å². The van der Waals surface area contributed by atoms with E-state index in [2.05, 4.69) is 20.5 Å². The van der Waals surface area contributed by atoms with Crippen molar-refractivity contribution in [3.63, 3.8) is 0 Å². The van der Waals surface area contributed by atoms with Crippen molar-refractivity contribution in [1.29, 1.82) is 5.26 Å². The molecule has 1 atom stereocenters. The number of amides is 2. The highest BCUT2D eigenvalue weighted by Gasteiger charge is 2.30. The summed E-state index contributed by atoms with van der Waals surface area (Å²) in [6.07, 6.45) is 4.09. The first-order chi connectivity index (χ1) is 16.4. The van der Waals surface area contributed by atoms with Crippen molar-refractivity contribution in [2.24, 2.45) is 4.99 Å². The molecule has 0 saturated carbocycles. The highest BCUT2D eigenvalue weighted by Crippen LogP contribution is 2.23. The van der Waals surface area contributed by atoms with Crippen LogP contribution < -0.4 is 10.6 Å². The summed E-state index contributed by atoms with van der Waals surface area (Å²) in [6.45, 7) is 5.53. The molecule has 0 aliphatic carbocycles. The Hall–Kier alpha value is -3.58. The van der Waals surface area contributed by atoms with Crippen molar-refractivity contribution in [1.82, 2.24) is 20.0 Å². The Labute approximate surface area is 199 Å². The number of hydrogen-bond acceptors (Lipinski definition) is 6. The van der Waals surface area contributed by atoms with Crippen LogP contribution in [0.1, 0.15) is 25.0 Å². The number of aliphatic imine (C=N–C) groups is 1. The summed E-state index contributed by atoms with van der Waals surface area (Å²) in [5, 5.41) is 15.8. The fourth-order valence-electron chi connectivity index (χ4n) is 4.38. The highest BCUT2D eigenvalue weighted by molar-refractivity contribution is 5.98. The van der Waals surface area contributed by atoms with E-state index in [0.29, 0.717) is 26.1 Å². The third-order valence-corrected chi connectivity index (χ3v) is 6.30. The van der Waals surface area contributed by atoms with Crippen molar-refractivity contribution < 1.29 is 14.0 Å². The number of piperazine rings is 1. The van der Waals surface area contributed by atoms with Crippen LogP contribution in [0, 0.1) is 18.4 Å². The van der Waals surface area contributed by atoms with Gasteiger partial charge < -0.3 is 24.4 Å². The monoisotopic (exact) mass is 465 g/mol. The SMILES string of the molecule is Cc1cc2cc(NC(=NC3CCCCN(CC(=O)N4CCN(C)CC4)C3=O)NC#N)ccc2o1. The maximum atomic E-state index is 13.3. The first-order valence-corrected chi connectivity index (χ1v) is 11.7. The van der Waals surface area contributed by atoms with E-state index in [-0.39, 0.29) is 24.3 Å². The summed E-state index contributed by atoms with van der Waals surface area (Å²) in [5.41, 5.74) is 1.49. The number of furan rings is 1. The molecule has 2 amide bonds. The van der Waals surface area contributed by atoms with Gasteiger partial charge in [-0.3, -0.25) is 14.9 Å². The number of likely N-dealkylation sites (N-methyl/N-ethyl adjacent to an activating group) is 1. The van der Waals surface area contributed by atoms with Crippen molar-refractivity contribution in [3.8, 4) is 6.19 Å². The zero-order valence-corrected chi connectivity index (χ0v) is 19.7. The molecule has 2 aliphatic rings. The molecule has 2 aromatic rings. The summed E-state index contributed by atoms with van der Waals surface area (Å²) in [7, 11) is 2.04. The van der Waals surface area contributed by atoms with Gasteiger partial charge in [0.25, 0.3) is 0 Å². The van der Waals surface area contributed by atoms with Crippen LogP contribution in [-0.4, -0.2) is 84.8 Å². The quantitative estimate of drug-likeness (QED) is 0.306. The van der Waals surface area contributed by atoms with Gasteiger partial charge in [-0.2, -0.15) is 5.26 Å². The number of aryl methyl sites for hydroxylation is 1. The minimum absolute atomic E-state index is 0.0247. The van der Waals surface area contributed by atoms with Crippen molar-refractivity contribution in [2.75, 3.05) is 51.6 Å². The van der Waals surface area contributed by atoms with Crippen LogP contribution in [-0.2, 0) is 9.59 Å². The minimum Gasteiger partial charge on any atom is -0.461 e.